The molecule has 1 aromatic heterocycles. The molecule has 0 aliphatic carbocycles. The lowest BCUT2D eigenvalue weighted by atomic mass is 10.1. The van der Waals surface area contributed by atoms with E-state index in [1.807, 2.05) is 0 Å². The zero-order chi connectivity index (χ0) is 11.0. The molecular weight excluding hydrogens is 219 g/mol. The molecule has 2 aromatic rings. The van der Waals surface area contributed by atoms with Crippen molar-refractivity contribution in [2.75, 3.05) is 5.73 Å². The minimum atomic E-state index is -0.450. The first kappa shape index (κ1) is 9.98. The summed E-state index contributed by atoms with van der Waals surface area (Å²) in [5, 5.41) is 3.79. The number of aromatic nitrogens is 1. The lowest BCUT2D eigenvalue weighted by molar-refractivity contribution is 0.439. The number of nitrogen functional groups attached to an aromatic ring is 1. The van der Waals surface area contributed by atoms with Crippen molar-refractivity contribution < 1.29 is 8.91 Å². The molecule has 2 N–H and O–H groups in total. The van der Waals surface area contributed by atoms with E-state index in [1.54, 1.807) is 13.0 Å². The molecule has 3 nitrogen and oxygen atoms in total. The van der Waals surface area contributed by atoms with Gasteiger partial charge in [-0.25, -0.2) is 4.39 Å². The maximum Gasteiger partial charge on any atom is 0.222 e. The van der Waals surface area contributed by atoms with Crippen LogP contribution in [0.1, 0.15) is 5.56 Å². The monoisotopic (exact) mass is 226 g/mol. The highest BCUT2D eigenvalue weighted by Crippen LogP contribution is 2.28. The van der Waals surface area contributed by atoms with Crippen molar-refractivity contribution in [3.05, 3.63) is 34.6 Å². The van der Waals surface area contributed by atoms with Crippen LogP contribution < -0.4 is 5.73 Å². The molecule has 2 rings (SSSR count). The topological polar surface area (TPSA) is 52.0 Å². The Morgan fingerprint density at radius 2 is 2.13 bits per heavy atom. The molecule has 0 aliphatic rings. The van der Waals surface area contributed by atoms with Gasteiger partial charge in [-0.15, -0.1) is 0 Å². The molecule has 0 saturated heterocycles. The summed E-state index contributed by atoms with van der Waals surface area (Å²) in [5.74, 6) is -0.237. The highest BCUT2D eigenvalue weighted by atomic mass is 35.5. The Labute approximate surface area is 90.6 Å². The second-order valence-corrected chi connectivity index (χ2v) is 3.60. The van der Waals surface area contributed by atoms with Gasteiger partial charge in [0, 0.05) is 11.6 Å². The van der Waals surface area contributed by atoms with Crippen LogP contribution in [-0.4, -0.2) is 5.16 Å². The van der Waals surface area contributed by atoms with Gasteiger partial charge in [-0.1, -0.05) is 16.8 Å². The third-order valence-electron chi connectivity index (χ3n) is 2.07. The molecule has 1 heterocycles. The van der Waals surface area contributed by atoms with E-state index in [9.17, 15) is 4.39 Å². The molecule has 78 valence electrons. The molecule has 1 aromatic carbocycles. The van der Waals surface area contributed by atoms with Crippen LogP contribution in [0.25, 0.3) is 11.3 Å². The van der Waals surface area contributed by atoms with Gasteiger partial charge in [-0.05, 0) is 24.6 Å². The highest BCUT2D eigenvalue weighted by Gasteiger charge is 2.10. The quantitative estimate of drug-likeness (QED) is 0.813. The Morgan fingerprint density at radius 3 is 2.73 bits per heavy atom. The van der Waals surface area contributed by atoms with E-state index in [2.05, 4.69) is 5.16 Å². The van der Waals surface area contributed by atoms with E-state index in [0.29, 0.717) is 11.3 Å². The molecule has 15 heavy (non-hydrogen) atoms. The lowest BCUT2D eigenvalue weighted by Crippen LogP contribution is -1.87. The molecule has 0 bridgehead atoms. The van der Waals surface area contributed by atoms with Crippen molar-refractivity contribution in [3.63, 3.8) is 0 Å². The molecule has 0 fully saturated rings. The molecule has 0 saturated carbocycles. The van der Waals surface area contributed by atoms with Crippen LogP contribution in [0.4, 0.5) is 10.3 Å². The fourth-order valence-corrected chi connectivity index (χ4v) is 1.50. The largest absolute Gasteiger partial charge is 0.368 e. The SMILES string of the molecule is Cc1cc(F)c(Cl)cc1-c1cc(N)on1. The van der Waals surface area contributed by atoms with Gasteiger partial charge in [-0.3, -0.25) is 0 Å². The van der Waals surface area contributed by atoms with Gasteiger partial charge in [0.25, 0.3) is 0 Å². The Kier molecular flexibility index (Phi) is 2.36. The molecule has 0 amide bonds. The molecular formula is C10H8ClFN2O. The molecule has 0 radical (unpaired) electrons. The van der Waals surface area contributed by atoms with Crippen molar-refractivity contribution in [2.45, 2.75) is 6.92 Å². The zero-order valence-corrected chi connectivity index (χ0v) is 8.68. The first-order chi connectivity index (χ1) is 7.08. The number of nitrogens with two attached hydrogens (primary N) is 1. The third kappa shape index (κ3) is 1.80. The normalized spacial score (nSPS) is 10.6. The van der Waals surface area contributed by atoms with Gasteiger partial charge in [0.05, 0.1) is 5.02 Å². The van der Waals surface area contributed by atoms with Gasteiger partial charge in [-0.2, -0.15) is 0 Å². The minimum absolute atomic E-state index is 0.0529. The van der Waals surface area contributed by atoms with Gasteiger partial charge >= 0.3 is 0 Å². The second kappa shape index (κ2) is 3.55. The Hall–Kier alpha value is -1.55. The maximum atomic E-state index is 13.1. The Bertz CT molecular complexity index is 510. The molecule has 0 spiro atoms. The summed E-state index contributed by atoms with van der Waals surface area (Å²) in [5.41, 5.74) is 7.38. The fraction of sp³-hybridized carbons (Fsp3) is 0.100. The predicted octanol–water partition coefficient (Wildman–Crippen LogP) is 3.02. The van der Waals surface area contributed by atoms with Crippen molar-refractivity contribution in [3.8, 4) is 11.3 Å². The third-order valence-corrected chi connectivity index (χ3v) is 2.36. The van der Waals surface area contributed by atoms with E-state index in [-0.39, 0.29) is 10.9 Å². The van der Waals surface area contributed by atoms with Crippen molar-refractivity contribution in [2.24, 2.45) is 0 Å². The van der Waals surface area contributed by atoms with Gasteiger partial charge in [0.2, 0.25) is 5.88 Å². The number of rotatable bonds is 1. The van der Waals surface area contributed by atoms with E-state index in [0.717, 1.165) is 5.56 Å². The van der Waals surface area contributed by atoms with Crippen LogP contribution in [0.15, 0.2) is 22.7 Å². The predicted molar refractivity (Wildman–Crippen MR) is 56.1 cm³/mol. The Balaban J connectivity index is 2.58. The van der Waals surface area contributed by atoms with Gasteiger partial charge < -0.3 is 10.3 Å². The lowest BCUT2D eigenvalue weighted by Gasteiger charge is -2.03. The average molecular weight is 227 g/mol. The van der Waals surface area contributed by atoms with Crippen LogP contribution in [0.2, 0.25) is 5.02 Å². The van der Waals surface area contributed by atoms with Gasteiger partial charge in [0.15, 0.2) is 0 Å². The van der Waals surface area contributed by atoms with Gasteiger partial charge in [0.1, 0.15) is 11.5 Å². The second-order valence-electron chi connectivity index (χ2n) is 3.20. The number of hydrogen-bond donors (Lipinski definition) is 1. The van der Waals surface area contributed by atoms with E-state index < -0.39 is 5.82 Å². The summed E-state index contributed by atoms with van der Waals surface area (Å²) in [6.07, 6.45) is 0. The molecule has 0 atom stereocenters. The van der Waals surface area contributed by atoms with Crippen molar-refractivity contribution in [1.82, 2.24) is 5.16 Å². The summed E-state index contributed by atoms with van der Waals surface area (Å²) in [7, 11) is 0. The van der Waals surface area contributed by atoms with E-state index in [4.69, 9.17) is 21.9 Å². The summed E-state index contributed by atoms with van der Waals surface area (Å²) in [6.45, 7) is 1.76. The van der Waals surface area contributed by atoms with Crippen molar-refractivity contribution >= 4 is 17.5 Å². The highest BCUT2D eigenvalue weighted by molar-refractivity contribution is 6.31. The maximum absolute atomic E-state index is 13.1. The Morgan fingerprint density at radius 1 is 1.40 bits per heavy atom. The smallest absolute Gasteiger partial charge is 0.222 e. The van der Waals surface area contributed by atoms with Crippen LogP contribution in [0, 0.1) is 12.7 Å². The van der Waals surface area contributed by atoms with Crippen LogP contribution in [0.3, 0.4) is 0 Å². The number of hydrogen-bond acceptors (Lipinski definition) is 3. The standard InChI is InChI=1S/C10H8ClFN2O/c1-5-2-8(12)7(11)3-6(5)9-4-10(13)15-14-9/h2-4H,13H2,1H3. The first-order valence-electron chi connectivity index (χ1n) is 4.26. The average Bonchev–Trinajstić information content (AvgIpc) is 2.58. The summed E-state index contributed by atoms with van der Waals surface area (Å²) in [4.78, 5) is 0. The van der Waals surface area contributed by atoms with Crippen molar-refractivity contribution in [1.29, 1.82) is 0 Å². The molecule has 0 aliphatic heterocycles. The van der Waals surface area contributed by atoms with E-state index >= 15 is 0 Å². The van der Waals surface area contributed by atoms with Crippen LogP contribution >= 0.6 is 11.6 Å². The molecule has 5 heteroatoms. The summed E-state index contributed by atoms with van der Waals surface area (Å²) >= 11 is 5.68. The fourth-order valence-electron chi connectivity index (χ4n) is 1.34. The number of anilines is 1. The number of benzene rings is 1. The summed E-state index contributed by atoms with van der Waals surface area (Å²) < 4.78 is 17.8. The molecule has 0 unspecified atom stereocenters. The summed E-state index contributed by atoms with van der Waals surface area (Å²) in [6, 6.07) is 4.42. The number of nitrogens with zero attached hydrogens (tertiary/aromatic N) is 1. The minimum Gasteiger partial charge on any atom is -0.368 e. The van der Waals surface area contributed by atoms with Crippen LogP contribution in [0.5, 0.6) is 0 Å². The van der Waals surface area contributed by atoms with Crippen LogP contribution in [-0.2, 0) is 0 Å². The number of aryl methyl sites for hydroxylation is 1. The first-order valence-corrected chi connectivity index (χ1v) is 4.64. The zero-order valence-electron chi connectivity index (χ0n) is 7.92. The van der Waals surface area contributed by atoms with E-state index in [1.165, 1.54) is 12.1 Å². The number of halogens is 2.